The monoisotopic (exact) mass is 312 g/mol. The molecule has 0 saturated heterocycles. The zero-order chi connectivity index (χ0) is 16.3. The van der Waals surface area contributed by atoms with Crippen LogP contribution in [0.5, 0.6) is 5.75 Å². The number of carbonyl (C=O) groups is 2. The standard InChI is InChI=1S/C18H10O5.Li/c19-14-7-10-5-11(17(20)21)3-8-1-2-9-4-12(18(22)23)6-13(14)16(9)15(8)10;/h1-7,19H,(H,20,21)(H,22,23);/q;+1/p-1. The van der Waals surface area contributed by atoms with Crippen LogP contribution in [-0.2, 0) is 0 Å². The van der Waals surface area contributed by atoms with E-state index in [0.29, 0.717) is 26.9 Å². The van der Waals surface area contributed by atoms with Crippen LogP contribution in [0.1, 0.15) is 20.7 Å². The Hall–Kier alpha value is -2.74. The van der Waals surface area contributed by atoms with Crippen LogP contribution in [0.3, 0.4) is 0 Å². The molecule has 0 atom stereocenters. The van der Waals surface area contributed by atoms with Crippen molar-refractivity contribution in [2.45, 2.75) is 0 Å². The van der Waals surface area contributed by atoms with Gasteiger partial charge in [-0.2, -0.15) is 0 Å². The van der Waals surface area contributed by atoms with E-state index >= 15 is 0 Å². The van der Waals surface area contributed by atoms with Crippen LogP contribution < -0.4 is 24.0 Å². The van der Waals surface area contributed by atoms with E-state index in [2.05, 4.69) is 0 Å². The molecule has 112 valence electrons. The Balaban J connectivity index is 0.00000169. The molecule has 2 N–H and O–H groups in total. The van der Waals surface area contributed by atoms with Crippen LogP contribution >= 0.6 is 0 Å². The predicted molar refractivity (Wildman–Crippen MR) is 83.5 cm³/mol. The van der Waals surface area contributed by atoms with Crippen LogP contribution in [0.15, 0.2) is 42.5 Å². The van der Waals surface area contributed by atoms with Gasteiger partial charge in [0.1, 0.15) is 0 Å². The van der Waals surface area contributed by atoms with Gasteiger partial charge in [-0.3, -0.25) is 0 Å². The van der Waals surface area contributed by atoms with Crippen molar-refractivity contribution in [2.24, 2.45) is 0 Å². The van der Waals surface area contributed by atoms with Gasteiger partial charge in [-0.25, -0.2) is 9.59 Å². The van der Waals surface area contributed by atoms with Gasteiger partial charge in [-0.15, -0.1) is 5.75 Å². The summed E-state index contributed by atoms with van der Waals surface area (Å²) in [6.07, 6.45) is 0. The average molecular weight is 312 g/mol. The molecule has 0 unspecified atom stereocenters. The van der Waals surface area contributed by atoms with Gasteiger partial charge in [0.15, 0.2) is 0 Å². The van der Waals surface area contributed by atoms with E-state index in [9.17, 15) is 24.9 Å². The second-order valence-corrected chi connectivity index (χ2v) is 5.47. The minimum absolute atomic E-state index is 0. The molecule has 5 nitrogen and oxygen atoms in total. The molecule has 0 fully saturated rings. The number of aromatic carboxylic acids is 2. The Kier molecular flexibility index (Phi) is 3.64. The molecule has 0 saturated carbocycles. The van der Waals surface area contributed by atoms with E-state index in [0.717, 1.165) is 5.39 Å². The second kappa shape index (κ2) is 5.41. The Morgan fingerprint density at radius 1 is 0.750 bits per heavy atom. The summed E-state index contributed by atoms with van der Waals surface area (Å²) in [4.78, 5) is 22.5. The molecule has 4 rings (SSSR count). The zero-order valence-corrected chi connectivity index (χ0v) is 12.7. The minimum Gasteiger partial charge on any atom is -0.872 e. The molecule has 0 heterocycles. The quantitative estimate of drug-likeness (QED) is 0.403. The topological polar surface area (TPSA) is 97.7 Å². The first-order chi connectivity index (χ1) is 11.0. The van der Waals surface area contributed by atoms with Crippen LogP contribution in [-0.4, -0.2) is 22.2 Å². The van der Waals surface area contributed by atoms with Gasteiger partial charge >= 0.3 is 30.8 Å². The molecule has 0 radical (unpaired) electrons. The number of carboxylic acid groups (broad SMARTS) is 2. The Bertz CT molecular complexity index is 1130. The number of benzene rings is 4. The molecule has 4 aromatic carbocycles. The Morgan fingerprint density at radius 2 is 1.25 bits per heavy atom. The van der Waals surface area contributed by atoms with Crippen LogP contribution in [0.25, 0.3) is 32.3 Å². The molecular formula is C18H9LiO5. The second-order valence-electron chi connectivity index (χ2n) is 5.47. The largest absolute Gasteiger partial charge is 1.00 e. The summed E-state index contributed by atoms with van der Waals surface area (Å²) in [5.41, 5.74) is 0.167. The third-order valence-corrected chi connectivity index (χ3v) is 4.11. The molecule has 6 heteroatoms. The van der Waals surface area contributed by atoms with Crippen molar-refractivity contribution in [1.82, 2.24) is 0 Å². The van der Waals surface area contributed by atoms with Gasteiger partial charge in [0.25, 0.3) is 0 Å². The number of carboxylic acids is 2. The van der Waals surface area contributed by atoms with Gasteiger partial charge < -0.3 is 15.3 Å². The predicted octanol–water partition coefficient (Wildman–Crippen LogP) is 0.0580. The van der Waals surface area contributed by atoms with E-state index < -0.39 is 11.9 Å². The van der Waals surface area contributed by atoms with Gasteiger partial charge in [0.2, 0.25) is 0 Å². The third kappa shape index (κ3) is 2.18. The van der Waals surface area contributed by atoms with Crippen LogP contribution in [0.2, 0.25) is 0 Å². The molecule has 0 aliphatic heterocycles. The zero-order valence-electron chi connectivity index (χ0n) is 12.7. The van der Waals surface area contributed by atoms with Crippen molar-refractivity contribution in [3.05, 3.63) is 53.6 Å². The summed E-state index contributed by atoms with van der Waals surface area (Å²) in [5, 5.41) is 34.4. The fraction of sp³-hybridized carbons (Fsp3) is 0. The number of hydrogen-bond donors (Lipinski definition) is 2. The van der Waals surface area contributed by atoms with Crippen LogP contribution in [0, 0.1) is 0 Å². The molecule has 0 bridgehead atoms. The van der Waals surface area contributed by atoms with E-state index in [1.165, 1.54) is 24.3 Å². The number of rotatable bonds is 2. The van der Waals surface area contributed by atoms with E-state index in [1.54, 1.807) is 18.2 Å². The maximum Gasteiger partial charge on any atom is 1.00 e. The summed E-state index contributed by atoms with van der Waals surface area (Å²) in [5.74, 6) is -2.47. The summed E-state index contributed by atoms with van der Waals surface area (Å²) in [6, 6.07) is 10.7. The third-order valence-electron chi connectivity index (χ3n) is 4.11. The van der Waals surface area contributed by atoms with Crippen molar-refractivity contribution in [1.29, 1.82) is 0 Å². The molecular weight excluding hydrogens is 303 g/mol. The van der Waals surface area contributed by atoms with Crippen molar-refractivity contribution >= 4 is 44.3 Å². The fourth-order valence-corrected chi connectivity index (χ4v) is 3.14. The van der Waals surface area contributed by atoms with Crippen molar-refractivity contribution in [2.75, 3.05) is 0 Å². The van der Waals surface area contributed by atoms with Gasteiger partial charge in [0, 0.05) is 0 Å². The maximum atomic E-state index is 12.4. The van der Waals surface area contributed by atoms with Crippen molar-refractivity contribution < 1.29 is 43.8 Å². The molecule has 0 aliphatic carbocycles. The first-order valence-corrected chi connectivity index (χ1v) is 6.86. The molecule has 0 aromatic heterocycles. The van der Waals surface area contributed by atoms with E-state index in [1.807, 2.05) is 0 Å². The summed E-state index contributed by atoms with van der Waals surface area (Å²) >= 11 is 0. The molecule has 0 spiro atoms. The summed E-state index contributed by atoms with van der Waals surface area (Å²) < 4.78 is 0. The van der Waals surface area contributed by atoms with Gasteiger partial charge in [-0.05, 0) is 56.6 Å². The Morgan fingerprint density at radius 3 is 1.83 bits per heavy atom. The van der Waals surface area contributed by atoms with Crippen LogP contribution in [0.4, 0.5) is 0 Å². The normalized spacial score (nSPS) is 11.0. The van der Waals surface area contributed by atoms with Gasteiger partial charge in [0.05, 0.1) is 11.1 Å². The van der Waals surface area contributed by atoms with E-state index in [4.69, 9.17) is 0 Å². The van der Waals surface area contributed by atoms with Crippen molar-refractivity contribution in [3.8, 4) is 5.75 Å². The minimum atomic E-state index is -1.09. The SMILES string of the molecule is O=C(O)c1cc2ccc3cc(C(=O)O)cc4c([O-])cc(c1)c2c34.[Li+]. The van der Waals surface area contributed by atoms with Crippen molar-refractivity contribution in [3.63, 3.8) is 0 Å². The average Bonchev–Trinajstić information content (AvgIpc) is 2.52. The first-order valence-electron chi connectivity index (χ1n) is 6.86. The molecule has 24 heavy (non-hydrogen) atoms. The summed E-state index contributed by atoms with van der Waals surface area (Å²) in [6.45, 7) is 0. The van der Waals surface area contributed by atoms with E-state index in [-0.39, 0.29) is 35.7 Å². The molecule has 0 amide bonds. The molecule has 0 aliphatic rings. The fourth-order valence-electron chi connectivity index (χ4n) is 3.14. The summed E-state index contributed by atoms with van der Waals surface area (Å²) in [7, 11) is 0. The Labute approximate surface area is 147 Å². The first kappa shape index (κ1) is 16.1. The molecule has 4 aromatic rings. The maximum absolute atomic E-state index is 12.4. The van der Waals surface area contributed by atoms with Gasteiger partial charge in [-0.1, -0.05) is 18.2 Å². The number of hydrogen-bond acceptors (Lipinski definition) is 3. The smallest absolute Gasteiger partial charge is 0.872 e.